The van der Waals surface area contributed by atoms with Gasteiger partial charge in [-0.15, -0.1) is 0 Å². The molecule has 0 fully saturated rings. The van der Waals surface area contributed by atoms with Crippen LogP contribution in [0.25, 0.3) is 6.08 Å². The number of rotatable bonds is 1. The molecule has 0 aliphatic carbocycles. The number of hydrogen-bond donors (Lipinski definition) is 1. The number of fused-ring (bicyclic) bond motifs is 1. The van der Waals surface area contributed by atoms with Gasteiger partial charge < -0.3 is 5.11 Å². The van der Waals surface area contributed by atoms with Gasteiger partial charge >= 0.3 is 0 Å². The fourth-order valence-corrected chi connectivity index (χ4v) is 3.39. The fraction of sp³-hybridized carbons (Fsp3) is 0.273. The second-order valence-corrected chi connectivity index (χ2v) is 5.69. The molecular formula is C11H12O3S. The van der Waals surface area contributed by atoms with Crippen molar-refractivity contribution in [3.8, 4) is 0 Å². The first-order chi connectivity index (χ1) is 6.93. The van der Waals surface area contributed by atoms with Crippen LogP contribution in [0, 0.1) is 6.92 Å². The molecule has 80 valence electrons. The maximum absolute atomic E-state index is 11.9. The van der Waals surface area contributed by atoms with Crippen LogP contribution in [0.3, 0.4) is 0 Å². The second kappa shape index (κ2) is 3.18. The molecule has 1 aliphatic rings. The third kappa shape index (κ3) is 1.50. The van der Waals surface area contributed by atoms with Gasteiger partial charge in [0.1, 0.15) is 0 Å². The van der Waals surface area contributed by atoms with Crippen molar-refractivity contribution in [3.05, 3.63) is 34.2 Å². The Kier molecular flexibility index (Phi) is 2.20. The highest BCUT2D eigenvalue weighted by atomic mass is 32.2. The Balaban J connectivity index is 2.69. The lowest BCUT2D eigenvalue weighted by Gasteiger charge is -2.05. The van der Waals surface area contributed by atoms with E-state index in [4.69, 9.17) is 0 Å². The van der Waals surface area contributed by atoms with Gasteiger partial charge in [-0.2, -0.15) is 0 Å². The molecular weight excluding hydrogens is 212 g/mol. The number of aliphatic hydroxyl groups is 1. The molecule has 0 aromatic heterocycles. The number of hydrogen-bond acceptors (Lipinski definition) is 3. The van der Waals surface area contributed by atoms with Crippen LogP contribution in [0.4, 0.5) is 0 Å². The number of sulfone groups is 1. The van der Waals surface area contributed by atoms with E-state index in [1.54, 1.807) is 18.2 Å². The predicted molar refractivity (Wildman–Crippen MR) is 58.0 cm³/mol. The van der Waals surface area contributed by atoms with Crippen LogP contribution in [0.5, 0.6) is 0 Å². The van der Waals surface area contributed by atoms with E-state index in [0.717, 1.165) is 5.56 Å². The lowest BCUT2D eigenvalue weighted by atomic mass is 10.1. The van der Waals surface area contributed by atoms with Gasteiger partial charge in [-0.25, -0.2) is 8.42 Å². The van der Waals surface area contributed by atoms with E-state index in [9.17, 15) is 13.5 Å². The van der Waals surface area contributed by atoms with E-state index in [-0.39, 0.29) is 4.91 Å². The zero-order valence-corrected chi connectivity index (χ0v) is 9.38. The van der Waals surface area contributed by atoms with E-state index in [1.165, 1.54) is 6.92 Å². The van der Waals surface area contributed by atoms with E-state index in [2.05, 4.69) is 0 Å². The topological polar surface area (TPSA) is 54.4 Å². The van der Waals surface area contributed by atoms with Gasteiger partial charge in [0.2, 0.25) is 9.84 Å². The van der Waals surface area contributed by atoms with E-state index in [1.807, 2.05) is 13.0 Å². The van der Waals surface area contributed by atoms with Crippen molar-refractivity contribution in [1.29, 1.82) is 0 Å². The largest absolute Gasteiger partial charge is 0.388 e. The minimum absolute atomic E-state index is 0.0862. The summed E-state index contributed by atoms with van der Waals surface area (Å²) in [7, 11) is -3.45. The molecule has 1 atom stereocenters. The summed E-state index contributed by atoms with van der Waals surface area (Å²) in [6.45, 7) is 3.36. The van der Waals surface area contributed by atoms with Crippen LogP contribution in [0.1, 0.15) is 18.1 Å². The third-order valence-corrected chi connectivity index (χ3v) is 4.51. The molecule has 4 heteroatoms. The Morgan fingerprint density at radius 2 is 2.00 bits per heavy atom. The summed E-state index contributed by atoms with van der Waals surface area (Å²) < 4.78 is 23.8. The molecule has 0 radical (unpaired) electrons. The molecule has 1 N–H and O–H groups in total. The predicted octanol–water partition coefficient (Wildman–Crippen LogP) is 1.50. The monoisotopic (exact) mass is 224 g/mol. The molecule has 1 aromatic carbocycles. The third-order valence-electron chi connectivity index (χ3n) is 2.47. The van der Waals surface area contributed by atoms with Crippen molar-refractivity contribution in [3.63, 3.8) is 0 Å². The lowest BCUT2D eigenvalue weighted by Crippen LogP contribution is -2.11. The number of aliphatic hydroxyl groups excluding tert-OH is 1. The molecule has 0 saturated heterocycles. The molecule has 2 rings (SSSR count). The Morgan fingerprint density at radius 1 is 1.33 bits per heavy atom. The summed E-state index contributed by atoms with van der Waals surface area (Å²) in [5.74, 6) is 0. The van der Waals surface area contributed by atoms with Crippen LogP contribution in [0.2, 0.25) is 0 Å². The molecule has 0 saturated carbocycles. The summed E-state index contributed by atoms with van der Waals surface area (Å²) in [4.78, 5) is 0.382. The molecule has 15 heavy (non-hydrogen) atoms. The summed E-state index contributed by atoms with van der Waals surface area (Å²) in [5, 5.41) is 9.38. The summed E-state index contributed by atoms with van der Waals surface area (Å²) in [6.07, 6.45) is 0.588. The van der Waals surface area contributed by atoms with E-state index in [0.29, 0.717) is 10.5 Å². The first kappa shape index (κ1) is 10.4. The van der Waals surface area contributed by atoms with Gasteiger partial charge in [-0.1, -0.05) is 17.7 Å². The zero-order chi connectivity index (χ0) is 11.2. The van der Waals surface area contributed by atoms with Crippen LogP contribution in [-0.2, 0) is 9.84 Å². The second-order valence-electron chi connectivity index (χ2n) is 3.77. The normalized spacial score (nSPS) is 19.5. The van der Waals surface area contributed by atoms with Gasteiger partial charge in [0.05, 0.1) is 15.9 Å². The van der Waals surface area contributed by atoms with Gasteiger partial charge in [-0.3, -0.25) is 0 Å². The molecule has 1 unspecified atom stereocenters. The standard InChI is InChI=1S/C11H12O3S/c1-7-3-4-10-9(5-7)6-11(8(2)12)15(10,13)14/h3-6,8,12H,1-2H3. The summed E-state index contributed by atoms with van der Waals surface area (Å²) in [6, 6.07) is 5.16. The van der Waals surface area contributed by atoms with Crippen molar-refractivity contribution >= 4 is 15.9 Å². The maximum Gasteiger partial charge on any atom is 0.205 e. The molecule has 0 amide bonds. The Labute approximate surface area is 89.0 Å². The highest BCUT2D eigenvalue weighted by molar-refractivity contribution is 7.96. The SMILES string of the molecule is Cc1ccc2c(c1)C=C(C(C)O)S2(=O)=O. The van der Waals surface area contributed by atoms with E-state index < -0.39 is 15.9 Å². The molecule has 1 aliphatic heterocycles. The minimum atomic E-state index is -3.45. The first-order valence-corrected chi connectivity index (χ1v) is 6.16. The van der Waals surface area contributed by atoms with Gasteiger partial charge in [-0.05, 0) is 31.6 Å². The Morgan fingerprint density at radius 3 is 2.60 bits per heavy atom. The molecule has 1 heterocycles. The lowest BCUT2D eigenvalue weighted by molar-refractivity contribution is 0.240. The van der Waals surface area contributed by atoms with Crippen molar-refractivity contribution in [2.75, 3.05) is 0 Å². The fourth-order valence-electron chi connectivity index (χ4n) is 1.73. The average molecular weight is 224 g/mol. The van der Waals surface area contributed by atoms with Gasteiger partial charge in [0.25, 0.3) is 0 Å². The van der Waals surface area contributed by atoms with E-state index >= 15 is 0 Å². The van der Waals surface area contributed by atoms with Gasteiger partial charge in [0, 0.05) is 0 Å². The molecule has 1 aromatic rings. The van der Waals surface area contributed by atoms with Crippen LogP contribution in [-0.4, -0.2) is 19.6 Å². The highest BCUT2D eigenvalue weighted by Gasteiger charge is 2.31. The van der Waals surface area contributed by atoms with Crippen LogP contribution in [0.15, 0.2) is 28.0 Å². The highest BCUT2D eigenvalue weighted by Crippen LogP contribution is 2.34. The number of benzene rings is 1. The van der Waals surface area contributed by atoms with Crippen LogP contribution >= 0.6 is 0 Å². The average Bonchev–Trinajstić information content (AvgIpc) is 2.37. The molecule has 0 spiro atoms. The Hall–Kier alpha value is -1.13. The molecule has 3 nitrogen and oxygen atoms in total. The first-order valence-electron chi connectivity index (χ1n) is 4.68. The van der Waals surface area contributed by atoms with Crippen molar-refractivity contribution < 1.29 is 13.5 Å². The van der Waals surface area contributed by atoms with Crippen LogP contribution < -0.4 is 0 Å². The molecule has 0 bridgehead atoms. The Bertz CT molecular complexity index is 539. The van der Waals surface area contributed by atoms with Crippen molar-refractivity contribution in [2.45, 2.75) is 24.8 Å². The maximum atomic E-state index is 11.9. The summed E-state index contributed by atoms with van der Waals surface area (Å²) in [5.41, 5.74) is 1.68. The van der Waals surface area contributed by atoms with Crippen molar-refractivity contribution in [1.82, 2.24) is 0 Å². The number of aryl methyl sites for hydroxylation is 1. The van der Waals surface area contributed by atoms with Crippen molar-refractivity contribution in [2.24, 2.45) is 0 Å². The minimum Gasteiger partial charge on any atom is -0.388 e. The van der Waals surface area contributed by atoms with Gasteiger partial charge in [0.15, 0.2) is 0 Å². The zero-order valence-electron chi connectivity index (χ0n) is 8.56. The summed E-state index contributed by atoms with van der Waals surface area (Å²) >= 11 is 0. The quantitative estimate of drug-likeness (QED) is 0.786. The smallest absolute Gasteiger partial charge is 0.205 e.